The Morgan fingerprint density at radius 1 is 1.56 bits per heavy atom. The summed E-state index contributed by atoms with van der Waals surface area (Å²) in [6.07, 6.45) is -0.489. The Labute approximate surface area is 91.1 Å². The zero-order valence-electron chi connectivity index (χ0n) is 8.16. The highest BCUT2D eigenvalue weighted by atomic mass is 16.3. The highest BCUT2D eigenvalue weighted by Crippen LogP contribution is 2.16. The van der Waals surface area contributed by atoms with E-state index in [9.17, 15) is 9.90 Å². The number of aromatic nitrogens is 1. The molecule has 7 nitrogen and oxygen atoms in total. The first-order valence-electron chi connectivity index (χ1n) is 4.31. The number of hydrogen-bond donors (Lipinski definition) is 4. The lowest BCUT2D eigenvalue weighted by atomic mass is 10.1. The second-order valence-electron chi connectivity index (χ2n) is 3.00. The van der Waals surface area contributed by atoms with Gasteiger partial charge in [-0.2, -0.15) is 5.26 Å². The number of carbonyl (C=O) groups excluding carboxylic acids is 1. The maximum Gasteiger partial charge on any atom is 0.266 e. The van der Waals surface area contributed by atoms with E-state index in [0.717, 1.165) is 0 Å². The van der Waals surface area contributed by atoms with Gasteiger partial charge in [0, 0.05) is 18.0 Å². The normalized spacial score (nSPS) is 13.6. The third-order valence-electron chi connectivity index (χ3n) is 1.93. The Morgan fingerprint density at radius 3 is 2.81 bits per heavy atom. The number of nitrogen functional groups attached to an aromatic ring is 1. The van der Waals surface area contributed by atoms with Gasteiger partial charge in [0.05, 0.1) is 11.6 Å². The van der Waals surface area contributed by atoms with Crippen molar-refractivity contribution in [2.45, 2.75) is 12.2 Å². The minimum Gasteiger partial charge on any atom is -0.384 e. The summed E-state index contributed by atoms with van der Waals surface area (Å²) < 4.78 is 0. The van der Waals surface area contributed by atoms with Crippen LogP contribution in [0.4, 0.5) is 0 Å². The van der Waals surface area contributed by atoms with Crippen LogP contribution in [0.5, 0.6) is 0 Å². The van der Waals surface area contributed by atoms with Gasteiger partial charge in [0.25, 0.3) is 5.91 Å². The van der Waals surface area contributed by atoms with Gasteiger partial charge in [-0.1, -0.05) is 0 Å². The van der Waals surface area contributed by atoms with Gasteiger partial charge in [-0.25, -0.2) is 5.84 Å². The second kappa shape index (κ2) is 5.18. The molecule has 84 valence electrons. The molecular formula is C9H10N4O3. The summed E-state index contributed by atoms with van der Waals surface area (Å²) >= 11 is 0. The van der Waals surface area contributed by atoms with Crippen LogP contribution in [0, 0.1) is 11.3 Å². The number of amides is 1. The Kier molecular flexibility index (Phi) is 3.90. The zero-order chi connectivity index (χ0) is 12.1. The lowest BCUT2D eigenvalue weighted by Gasteiger charge is -2.12. The van der Waals surface area contributed by atoms with Crippen LogP contribution in [0.25, 0.3) is 0 Å². The maximum absolute atomic E-state index is 11.1. The van der Waals surface area contributed by atoms with Gasteiger partial charge in [0.1, 0.15) is 6.10 Å². The molecule has 1 amide bonds. The maximum atomic E-state index is 11.1. The van der Waals surface area contributed by atoms with Crippen LogP contribution in [0.1, 0.15) is 22.0 Å². The molecule has 0 radical (unpaired) electrons. The molecule has 1 aromatic heterocycles. The number of aliphatic hydroxyl groups excluding tert-OH is 2. The van der Waals surface area contributed by atoms with Crippen LogP contribution in [0.15, 0.2) is 18.5 Å². The molecule has 2 atom stereocenters. The Bertz CT molecular complexity index is 429. The van der Waals surface area contributed by atoms with Crippen molar-refractivity contribution in [1.29, 1.82) is 5.26 Å². The monoisotopic (exact) mass is 222 g/mol. The van der Waals surface area contributed by atoms with E-state index in [1.807, 2.05) is 5.43 Å². The summed E-state index contributed by atoms with van der Waals surface area (Å²) in [6.45, 7) is 0. The number of pyridine rings is 1. The molecule has 0 spiro atoms. The summed E-state index contributed by atoms with van der Waals surface area (Å²) in [4.78, 5) is 14.8. The largest absolute Gasteiger partial charge is 0.384 e. The van der Waals surface area contributed by atoms with Crippen LogP contribution in [0.3, 0.4) is 0 Å². The average Bonchev–Trinajstić information content (AvgIpc) is 2.36. The fourth-order valence-corrected chi connectivity index (χ4v) is 1.08. The molecule has 0 aliphatic heterocycles. The first-order chi connectivity index (χ1) is 7.60. The Morgan fingerprint density at radius 2 is 2.25 bits per heavy atom. The van der Waals surface area contributed by atoms with Gasteiger partial charge in [-0.15, -0.1) is 0 Å². The molecule has 1 rings (SSSR count). The number of nitrogens with two attached hydrogens (primary N) is 1. The standard InChI is InChI=1S/C9H10N4O3/c10-2-7(14)8(15)5-1-6(4-12-3-5)9(16)13-11/h1,3-4,7-8,14-15H,11H2,(H,13,16). The van der Waals surface area contributed by atoms with Crippen molar-refractivity contribution < 1.29 is 15.0 Å². The third kappa shape index (κ3) is 2.52. The lowest BCUT2D eigenvalue weighted by molar-refractivity contribution is 0.0525. The number of rotatable bonds is 3. The molecule has 1 heterocycles. The van der Waals surface area contributed by atoms with E-state index in [2.05, 4.69) is 4.98 Å². The van der Waals surface area contributed by atoms with Crippen molar-refractivity contribution in [1.82, 2.24) is 10.4 Å². The number of hydrazine groups is 1. The third-order valence-corrected chi connectivity index (χ3v) is 1.93. The van der Waals surface area contributed by atoms with Gasteiger partial charge < -0.3 is 10.2 Å². The molecule has 5 N–H and O–H groups in total. The zero-order valence-corrected chi connectivity index (χ0v) is 8.16. The predicted octanol–water partition coefficient (Wildman–Crippen LogP) is -1.40. The van der Waals surface area contributed by atoms with E-state index in [1.54, 1.807) is 0 Å². The number of nitrogens with zero attached hydrogens (tertiary/aromatic N) is 2. The molecule has 7 heteroatoms. The fourth-order valence-electron chi connectivity index (χ4n) is 1.08. The number of aliphatic hydroxyl groups is 2. The fraction of sp³-hybridized carbons (Fsp3) is 0.222. The Hall–Kier alpha value is -2.01. The molecule has 0 aromatic carbocycles. The van der Waals surface area contributed by atoms with E-state index in [0.29, 0.717) is 0 Å². The molecule has 0 bridgehead atoms. The van der Waals surface area contributed by atoms with Gasteiger partial charge in [-0.05, 0) is 6.07 Å². The smallest absolute Gasteiger partial charge is 0.266 e. The summed E-state index contributed by atoms with van der Waals surface area (Å²) in [5, 5.41) is 27.0. The Balaban J connectivity index is 2.99. The van der Waals surface area contributed by atoms with Crippen molar-refractivity contribution in [3.05, 3.63) is 29.6 Å². The van der Waals surface area contributed by atoms with Crippen molar-refractivity contribution in [3.63, 3.8) is 0 Å². The molecule has 0 aliphatic rings. The topological polar surface area (TPSA) is 132 Å². The average molecular weight is 222 g/mol. The summed E-state index contributed by atoms with van der Waals surface area (Å²) in [5.74, 6) is 4.35. The number of carbonyl (C=O) groups is 1. The molecule has 16 heavy (non-hydrogen) atoms. The summed E-state index contributed by atoms with van der Waals surface area (Å²) in [7, 11) is 0. The highest BCUT2D eigenvalue weighted by Gasteiger charge is 2.19. The number of nitrogens with one attached hydrogen (secondary N) is 1. The van der Waals surface area contributed by atoms with Crippen LogP contribution >= 0.6 is 0 Å². The van der Waals surface area contributed by atoms with E-state index in [-0.39, 0.29) is 11.1 Å². The van der Waals surface area contributed by atoms with Gasteiger partial charge in [-0.3, -0.25) is 15.2 Å². The van der Waals surface area contributed by atoms with Gasteiger partial charge >= 0.3 is 0 Å². The molecule has 2 unspecified atom stereocenters. The van der Waals surface area contributed by atoms with Crippen LogP contribution in [-0.2, 0) is 0 Å². The first kappa shape index (κ1) is 12.1. The van der Waals surface area contributed by atoms with Crippen molar-refractivity contribution in [2.75, 3.05) is 0 Å². The molecule has 0 saturated heterocycles. The summed E-state index contributed by atoms with van der Waals surface area (Å²) in [6, 6.07) is 2.77. The van der Waals surface area contributed by atoms with Gasteiger partial charge in [0.2, 0.25) is 0 Å². The minimum atomic E-state index is -1.57. The SMILES string of the molecule is N#CC(O)C(O)c1cncc(C(=O)NN)c1. The first-order valence-corrected chi connectivity index (χ1v) is 4.31. The van der Waals surface area contributed by atoms with Gasteiger partial charge in [0.15, 0.2) is 6.10 Å². The number of nitriles is 1. The minimum absolute atomic E-state index is 0.129. The highest BCUT2D eigenvalue weighted by molar-refractivity contribution is 5.93. The quantitative estimate of drug-likeness (QED) is 0.215. The van der Waals surface area contributed by atoms with Crippen LogP contribution < -0.4 is 11.3 Å². The number of hydrogen-bond acceptors (Lipinski definition) is 6. The molecule has 1 aromatic rings. The van der Waals surface area contributed by atoms with Crippen molar-refractivity contribution in [3.8, 4) is 6.07 Å². The van der Waals surface area contributed by atoms with E-state index in [1.165, 1.54) is 24.5 Å². The molecule has 0 fully saturated rings. The molecule has 0 aliphatic carbocycles. The van der Waals surface area contributed by atoms with E-state index in [4.69, 9.17) is 16.2 Å². The van der Waals surface area contributed by atoms with E-state index >= 15 is 0 Å². The van der Waals surface area contributed by atoms with Crippen molar-refractivity contribution >= 4 is 5.91 Å². The van der Waals surface area contributed by atoms with Crippen LogP contribution in [-0.4, -0.2) is 27.2 Å². The molecule has 0 saturated carbocycles. The van der Waals surface area contributed by atoms with E-state index < -0.39 is 18.1 Å². The second-order valence-corrected chi connectivity index (χ2v) is 3.00. The van der Waals surface area contributed by atoms with Crippen LogP contribution in [0.2, 0.25) is 0 Å². The summed E-state index contributed by atoms with van der Waals surface area (Å²) in [5.41, 5.74) is 2.19. The van der Waals surface area contributed by atoms with Crippen molar-refractivity contribution in [2.24, 2.45) is 5.84 Å². The lowest BCUT2D eigenvalue weighted by Crippen LogP contribution is -2.30. The molecular weight excluding hydrogens is 212 g/mol. The predicted molar refractivity (Wildman–Crippen MR) is 52.5 cm³/mol.